The predicted octanol–water partition coefficient (Wildman–Crippen LogP) is 4.64. The largest absolute Gasteiger partial charge is 0.496 e. The summed E-state index contributed by atoms with van der Waals surface area (Å²) >= 11 is 6.11. The van der Waals surface area contributed by atoms with E-state index in [4.69, 9.17) is 16.3 Å². The molecule has 0 aromatic heterocycles. The molecule has 0 heterocycles. The number of anilines is 1. The van der Waals surface area contributed by atoms with Crippen LogP contribution in [0.5, 0.6) is 5.75 Å². The molecule has 2 amide bonds. The zero-order valence-electron chi connectivity index (χ0n) is 17.4. The van der Waals surface area contributed by atoms with E-state index in [0.29, 0.717) is 24.3 Å². The quantitative estimate of drug-likeness (QED) is 0.497. The number of carbonyl (C=O) groups excluding carboxylic acids is 2. The Morgan fingerprint density at radius 3 is 2.52 bits per heavy atom. The van der Waals surface area contributed by atoms with Crippen molar-refractivity contribution in [1.82, 2.24) is 5.32 Å². The molecule has 1 aliphatic rings. The third-order valence-electron chi connectivity index (χ3n) is 5.58. The lowest BCUT2D eigenvalue weighted by molar-refractivity contribution is -0.385. The number of halogens is 1. The lowest BCUT2D eigenvalue weighted by Gasteiger charge is -2.36. The van der Waals surface area contributed by atoms with Crippen molar-refractivity contribution in [3.8, 4) is 5.75 Å². The molecule has 2 aromatic rings. The number of nitro groups is 1. The van der Waals surface area contributed by atoms with E-state index in [-0.39, 0.29) is 16.5 Å². The van der Waals surface area contributed by atoms with Gasteiger partial charge in [0.05, 0.1) is 17.1 Å². The zero-order valence-corrected chi connectivity index (χ0v) is 18.1. The van der Waals surface area contributed by atoms with Crippen LogP contribution in [0.25, 0.3) is 0 Å². The number of hydrogen-bond donors (Lipinski definition) is 2. The number of rotatable bonds is 6. The highest BCUT2D eigenvalue weighted by atomic mass is 35.5. The average molecular weight is 446 g/mol. The van der Waals surface area contributed by atoms with Gasteiger partial charge in [-0.3, -0.25) is 19.7 Å². The van der Waals surface area contributed by atoms with Gasteiger partial charge in [-0.05, 0) is 37.5 Å². The van der Waals surface area contributed by atoms with Crippen LogP contribution < -0.4 is 15.4 Å². The third kappa shape index (κ3) is 4.80. The number of carbonyl (C=O) groups is 2. The summed E-state index contributed by atoms with van der Waals surface area (Å²) in [7, 11) is 1.55. The van der Waals surface area contributed by atoms with Crippen molar-refractivity contribution in [2.45, 2.75) is 44.6 Å². The highest BCUT2D eigenvalue weighted by Crippen LogP contribution is 2.33. The van der Waals surface area contributed by atoms with Gasteiger partial charge in [-0.25, -0.2) is 0 Å². The summed E-state index contributed by atoms with van der Waals surface area (Å²) in [5.74, 6) is -0.483. The number of ether oxygens (including phenoxy) is 1. The fourth-order valence-electron chi connectivity index (χ4n) is 3.88. The Morgan fingerprint density at radius 2 is 1.87 bits per heavy atom. The van der Waals surface area contributed by atoms with E-state index < -0.39 is 22.1 Å². The second-order valence-corrected chi connectivity index (χ2v) is 8.03. The van der Waals surface area contributed by atoms with Crippen LogP contribution in [0.15, 0.2) is 36.4 Å². The summed E-state index contributed by atoms with van der Waals surface area (Å²) in [4.78, 5) is 37.1. The fourth-order valence-corrected chi connectivity index (χ4v) is 4.14. The van der Waals surface area contributed by atoms with Gasteiger partial charge in [-0.15, -0.1) is 0 Å². The molecule has 2 aromatic carbocycles. The van der Waals surface area contributed by atoms with Crippen molar-refractivity contribution >= 4 is 34.8 Å². The van der Waals surface area contributed by atoms with E-state index in [2.05, 4.69) is 10.6 Å². The van der Waals surface area contributed by atoms with Crippen LogP contribution in [0.4, 0.5) is 11.4 Å². The first-order valence-electron chi connectivity index (χ1n) is 9.99. The second kappa shape index (κ2) is 9.34. The van der Waals surface area contributed by atoms with Crippen LogP contribution in [-0.4, -0.2) is 29.4 Å². The van der Waals surface area contributed by atoms with Gasteiger partial charge >= 0.3 is 0 Å². The van der Waals surface area contributed by atoms with E-state index in [1.165, 1.54) is 18.2 Å². The summed E-state index contributed by atoms with van der Waals surface area (Å²) in [5, 5.41) is 17.0. The Hall–Kier alpha value is -3.13. The lowest BCUT2D eigenvalue weighted by Crippen LogP contribution is -2.57. The standard InChI is InChI=1S/C22H24ClN3O5/c1-14-9-10-15(13-18(14)31-2)24-21(28)22(11-4-3-5-12-22)25-20(27)19-16(23)7-6-8-17(19)26(29)30/h6-10,13H,3-5,11-12H2,1-2H3,(H,24,28)(H,25,27). The van der Waals surface area contributed by atoms with E-state index in [9.17, 15) is 19.7 Å². The highest BCUT2D eigenvalue weighted by molar-refractivity contribution is 6.34. The van der Waals surface area contributed by atoms with Gasteiger partial charge in [0.1, 0.15) is 16.9 Å². The van der Waals surface area contributed by atoms with Gasteiger partial charge < -0.3 is 15.4 Å². The van der Waals surface area contributed by atoms with E-state index >= 15 is 0 Å². The first-order chi connectivity index (χ1) is 14.8. The molecule has 1 saturated carbocycles. The van der Waals surface area contributed by atoms with E-state index in [1.54, 1.807) is 19.2 Å². The number of methoxy groups -OCH3 is 1. The molecular formula is C22H24ClN3O5. The van der Waals surface area contributed by atoms with E-state index in [1.807, 2.05) is 13.0 Å². The SMILES string of the molecule is COc1cc(NC(=O)C2(NC(=O)c3c(Cl)cccc3[N+](=O)[O-])CCCCC2)ccc1C. The van der Waals surface area contributed by atoms with Crippen LogP contribution in [-0.2, 0) is 4.79 Å². The maximum absolute atomic E-state index is 13.3. The molecule has 31 heavy (non-hydrogen) atoms. The number of benzene rings is 2. The molecule has 0 bridgehead atoms. The smallest absolute Gasteiger partial charge is 0.283 e. The van der Waals surface area contributed by atoms with Crippen molar-refractivity contribution in [1.29, 1.82) is 0 Å². The third-order valence-corrected chi connectivity index (χ3v) is 5.89. The predicted molar refractivity (Wildman–Crippen MR) is 118 cm³/mol. The number of amides is 2. The molecule has 9 heteroatoms. The number of hydrogen-bond acceptors (Lipinski definition) is 5. The Morgan fingerprint density at radius 1 is 1.16 bits per heavy atom. The zero-order chi connectivity index (χ0) is 22.6. The summed E-state index contributed by atoms with van der Waals surface area (Å²) in [6, 6.07) is 9.33. The Kier molecular flexibility index (Phi) is 6.80. The Balaban J connectivity index is 1.90. The summed E-state index contributed by atoms with van der Waals surface area (Å²) < 4.78 is 5.31. The molecule has 1 fully saturated rings. The number of nitrogens with zero attached hydrogens (tertiary/aromatic N) is 1. The molecule has 0 radical (unpaired) electrons. The molecule has 164 valence electrons. The van der Waals surface area contributed by atoms with Gasteiger partial charge in [0.25, 0.3) is 11.6 Å². The first-order valence-corrected chi connectivity index (χ1v) is 10.4. The number of nitrogens with one attached hydrogen (secondary N) is 2. The van der Waals surface area contributed by atoms with Crippen molar-refractivity contribution in [3.05, 3.63) is 62.7 Å². The molecule has 8 nitrogen and oxygen atoms in total. The summed E-state index contributed by atoms with van der Waals surface area (Å²) in [6.45, 7) is 1.89. The average Bonchev–Trinajstić information content (AvgIpc) is 2.75. The van der Waals surface area contributed by atoms with Gasteiger partial charge in [-0.1, -0.05) is 43.0 Å². The fraction of sp³-hybridized carbons (Fsp3) is 0.364. The van der Waals surface area contributed by atoms with Gasteiger partial charge in [0.15, 0.2) is 0 Å². The normalized spacial score (nSPS) is 15.1. The van der Waals surface area contributed by atoms with Crippen LogP contribution in [0.2, 0.25) is 5.02 Å². The van der Waals surface area contributed by atoms with Crippen LogP contribution in [0.3, 0.4) is 0 Å². The molecule has 3 rings (SSSR count). The minimum atomic E-state index is -1.19. The maximum Gasteiger partial charge on any atom is 0.283 e. The summed E-state index contributed by atoms with van der Waals surface area (Å²) in [6.07, 6.45) is 3.28. The van der Waals surface area contributed by atoms with Gasteiger partial charge in [-0.2, -0.15) is 0 Å². The second-order valence-electron chi connectivity index (χ2n) is 7.63. The minimum absolute atomic E-state index is 0.0404. The molecule has 2 N–H and O–H groups in total. The van der Waals surface area contributed by atoms with E-state index in [0.717, 1.165) is 24.8 Å². The molecular weight excluding hydrogens is 422 g/mol. The molecule has 0 saturated heterocycles. The van der Waals surface area contributed by atoms with Crippen molar-refractivity contribution < 1.29 is 19.2 Å². The number of nitro benzene ring substituents is 1. The first kappa shape index (κ1) is 22.6. The molecule has 0 spiro atoms. The topological polar surface area (TPSA) is 111 Å². The highest BCUT2D eigenvalue weighted by Gasteiger charge is 2.42. The van der Waals surface area contributed by atoms with Crippen molar-refractivity contribution in [2.24, 2.45) is 0 Å². The minimum Gasteiger partial charge on any atom is -0.496 e. The van der Waals surface area contributed by atoms with Crippen LogP contribution in [0, 0.1) is 17.0 Å². The lowest BCUT2D eigenvalue weighted by atomic mass is 9.80. The molecule has 0 aliphatic heterocycles. The Labute approximate surface area is 185 Å². The van der Waals surface area contributed by atoms with Gasteiger partial charge in [0, 0.05) is 17.8 Å². The number of aryl methyl sites for hydroxylation is 1. The van der Waals surface area contributed by atoms with Crippen molar-refractivity contribution in [3.63, 3.8) is 0 Å². The maximum atomic E-state index is 13.3. The Bertz CT molecular complexity index is 1020. The van der Waals surface area contributed by atoms with Crippen LogP contribution in [0.1, 0.15) is 48.0 Å². The van der Waals surface area contributed by atoms with Crippen molar-refractivity contribution in [2.75, 3.05) is 12.4 Å². The summed E-state index contributed by atoms with van der Waals surface area (Å²) in [5.41, 5.74) is -0.383. The monoisotopic (exact) mass is 445 g/mol. The molecule has 1 aliphatic carbocycles. The molecule has 0 unspecified atom stereocenters. The van der Waals surface area contributed by atoms with Crippen LogP contribution >= 0.6 is 11.6 Å². The van der Waals surface area contributed by atoms with Gasteiger partial charge in [0.2, 0.25) is 5.91 Å². The molecule has 0 atom stereocenters.